The molecule has 0 heterocycles. The van der Waals surface area contributed by atoms with Gasteiger partial charge in [-0.05, 0) is 43.5 Å². The van der Waals surface area contributed by atoms with Crippen molar-refractivity contribution in [3.05, 3.63) is 28.7 Å². The number of rotatable bonds is 5. The van der Waals surface area contributed by atoms with E-state index >= 15 is 0 Å². The quantitative estimate of drug-likeness (QED) is 0.795. The van der Waals surface area contributed by atoms with Gasteiger partial charge in [0.25, 0.3) is 0 Å². The van der Waals surface area contributed by atoms with Gasteiger partial charge < -0.3 is 10.4 Å². The molecule has 2 rings (SSSR count). The Labute approximate surface area is 130 Å². The molecule has 0 aliphatic heterocycles. The van der Waals surface area contributed by atoms with Gasteiger partial charge in [-0.25, -0.2) is 0 Å². The lowest BCUT2D eigenvalue weighted by Gasteiger charge is -2.12. The van der Waals surface area contributed by atoms with Gasteiger partial charge >= 0.3 is 5.97 Å². The smallest absolute Gasteiger partial charge is 0.306 e. The minimum Gasteiger partial charge on any atom is -0.481 e. The molecule has 2 unspecified atom stereocenters. The number of carboxylic acid groups (broad SMARTS) is 1. The summed E-state index contributed by atoms with van der Waals surface area (Å²) in [5.74, 6) is -0.741. The third kappa shape index (κ3) is 4.52. The first-order chi connectivity index (χ1) is 9.54. The molecular formula is C14H16BrNO3S. The first-order valence-corrected chi connectivity index (χ1v) is 8.23. The van der Waals surface area contributed by atoms with Gasteiger partial charge in [-0.15, -0.1) is 11.8 Å². The number of halogens is 1. The lowest BCUT2D eigenvalue weighted by atomic mass is 10.1. The molecule has 1 aromatic rings. The summed E-state index contributed by atoms with van der Waals surface area (Å²) in [6.07, 6.45) is 1.95. The Morgan fingerprint density at radius 2 is 2.00 bits per heavy atom. The van der Waals surface area contributed by atoms with Crippen molar-refractivity contribution in [2.24, 2.45) is 5.92 Å². The highest BCUT2D eigenvalue weighted by atomic mass is 79.9. The van der Waals surface area contributed by atoms with Gasteiger partial charge in [0.2, 0.25) is 5.91 Å². The van der Waals surface area contributed by atoms with Gasteiger partial charge in [0.15, 0.2) is 0 Å². The molecular weight excluding hydrogens is 342 g/mol. The van der Waals surface area contributed by atoms with E-state index in [2.05, 4.69) is 21.2 Å². The van der Waals surface area contributed by atoms with E-state index in [1.807, 2.05) is 24.3 Å². The van der Waals surface area contributed by atoms with Crippen LogP contribution in [0.4, 0.5) is 0 Å². The Hall–Kier alpha value is -1.01. The van der Waals surface area contributed by atoms with E-state index in [4.69, 9.17) is 5.11 Å². The lowest BCUT2D eigenvalue weighted by molar-refractivity contribution is -0.141. The van der Waals surface area contributed by atoms with E-state index in [1.54, 1.807) is 0 Å². The van der Waals surface area contributed by atoms with Crippen molar-refractivity contribution in [1.82, 2.24) is 5.32 Å². The summed E-state index contributed by atoms with van der Waals surface area (Å²) in [4.78, 5) is 23.7. The maximum atomic E-state index is 11.8. The van der Waals surface area contributed by atoms with Crippen molar-refractivity contribution in [1.29, 1.82) is 0 Å². The molecule has 0 aromatic heterocycles. The fourth-order valence-corrected chi connectivity index (χ4v) is 3.26. The molecule has 2 N–H and O–H groups in total. The Bertz CT molecular complexity index is 492. The summed E-state index contributed by atoms with van der Waals surface area (Å²) in [6, 6.07) is 7.80. The minimum absolute atomic E-state index is 0.00844. The fourth-order valence-electron chi connectivity index (χ4n) is 2.29. The van der Waals surface area contributed by atoms with Gasteiger partial charge in [-0.2, -0.15) is 0 Å². The maximum absolute atomic E-state index is 11.8. The number of hydrogen-bond acceptors (Lipinski definition) is 3. The summed E-state index contributed by atoms with van der Waals surface area (Å²) in [5, 5.41) is 11.8. The van der Waals surface area contributed by atoms with Gasteiger partial charge in [0, 0.05) is 15.4 Å². The molecule has 0 bridgehead atoms. The Balaban J connectivity index is 1.73. The molecule has 2 atom stereocenters. The standard InChI is InChI=1S/C14H16BrNO3S/c15-10-2-5-12(6-3-10)20-8-13(17)16-11-4-1-9(7-11)14(18)19/h2-3,5-6,9,11H,1,4,7-8H2,(H,16,17)(H,18,19). The minimum atomic E-state index is -0.758. The van der Waals surface area contributed by atoms with Crippen molar-refractivity contribution in [2.75, 3.05) is 5.75 Å². The third-order valence-corrected chi connectivity index (χ3v) is 4.87. The fraction of sp³-hybridized carbons (Fsp3) is 0.429. The third-order valence-electron chi connectivity index (χ3n) is 3.33. The van der Waals surface area contributed by atoms with Crippen LogP contribution in [0.2, 0.25) is 0 Å². The Morgan fingerprint density at radius 3 is 2.60 bits per heavy atom. The molecule has 1 amide bonds. The van der Waals surface area contributed by atoms with Crippen molar-refractivity contribution in [2.45, 2.75) is 30.2 Å². The first-order valence-electron chi connectivity index (χ1n) is 6.45. The molecule has 0 spiro atoms. The Morgan fingerprint density at radius 1 is 1.30 bits per heavy atom. The topological polar surface area (TPSA) is 66.4 Å². The zero-order valence-corrected chi connectivity index (χ0v) is 13.2. The summed E-state index contributed by atoms with van der Waals surface area (Å²) in [5.41, 5.74) is 0. The molecule has 1 aliphatic rings. The van der Waals surface area contributed by atoms with Gasteiger partial charge in [-0.1, -0.05) is 15.9 Å². The summed E-state index contributed by atoms with van der Waals surface area (Å²) in [6.45, 7) is 0. The number of nitrogens with one attached hydrogen (secondary N) is 1. The number of aliphatic carboxylic acids is 1. The van der Waals surface area contributed by atoms with Crippen LogP contribution in [-0.2, 0) is 9.59 Å². The van der Waals surface area contributed by atoms with Crippen LogP contribution in [0, 0.1) is 5.92 Å². The number of amides is 1. The van der Waals surface area contributed by atoms with Crippen molar-refractivity contribution < 1.29 is 14.7 Å². The largest absolute Gasteiger partial charge is 0.481 e. The average molecular weight is 358 g/mol. The van der Waals surface area contributed by atoms with Crippen molar-refractivity contribution in [3.63, 3.8) is 0 Å². The molecule has 1 aliphatic carbocycles. The molecule has 108 valence electrons. The monoisotopic (exact) mass is 357 g/mol. The van der Waals surface area contributed by atoms with Crippen LogP contribution in [-0.4, -0.2) is 28.8 Å². The second kappa shape index (κ2) is 7.13. The summed E-state index contributed by atoms with van der Waals surface area (Å²) < 4.78 is 1.01. The number of carbonyl (C=O) groups is 2. The van der Waals surface area contributed by atoms with Crippen LogP contribution in [0.5, 0.6) is 0 Å². The normalized spacial score (nSPS) is 21.6. The molecule has 1 saturated carbocycles. The van der Waals surface area contributed by atoms with Crippen LogP contribution in [0.15, 0.2) is 33.6 Å². The van der Waals surface area contributed by atoms with Crippen molar-refractivity contribution >= 4 is 39.6 Å². The molecule has 1 aromatic carbocycles. The zero-order valence-electron chi connectivity index (χ0n) is 10.8. The van der Waals surface area contributed by atoms with Crippen molar-refractivity contribution in [3.8, 4) is 0 Å². The number of hydrogen-bond donors (Lipinski definition) is 2. The molecule has 0 radical (unpaired) electrons. The van der Waals surface area contributed by atoms with Gasteiger partial charge in [0.1, 0.15) is 0 Å². The number of thioether (sulfide) groups is 1. The first kappa shape index (κ1) is 15.4. The number of carboxylic acids is 1. The van der Waals surface area contributed by atoms with Crippen LogP contribution in [0.1, 0.15) is 19.3 Å². The van der Waals surface area contributed by atoms with E-state index in [-0.39, 0.29) is 17.9 Å². The predicted molar refractivity (Wildman–Crippen MR) is 81.8 cm³/mol. The molecule has 1 fully saturated rings. The van der Waals surface area contributed by atoms with E-state index in [0.29, 0.717) is 18.6 Å². The molecule has 6 heteroatoms. The summed E-state index contributed by atoms with van der Waals surface area (Å²) >= 11 is 4.84. The van der Waals surface area contributed by atoms with Crippen LogP contribution in [0.3, 0.4) is 0 Å². The number of carbonyl (C=O) groups excluding carboxylic acids is 1. The van der Waals surface area contributed by atoms with E-state index in [0.717, 1.165) is 15.8 Å². The van der Waals surface area contributed by atoms with E-state index < -0.39 is 5.97 Å². The van der Waals surface area contributed by atoms with Gasteiger partial charge in [0.05, 0.1) is 11.7 Å². The maximum Gasteiger partial charge on any atom is 0.306 e. The second-order valence-electron chi connectivity index (χ2n) is 4.86. The predicted octanol–water partition coefficient (Wildman–Crippen LogP) is 2.91. The van der Waals surface area contributed by atoms with E-state index in [1.165, 1.54) is 11.8 Å². The second-order valence-corrected chi connectivity index (χ2v) is 6.82. The molecule has 20 heavy (non-hydrogen) atoms. The highest BCUT2D eigenvalue weighted by Gasteiger charge is 2.30. The summed E-state index contributed by atoms with van der Waals surface area (Å²) in [7, 11) is 0. The lowest BCUT2D eigenvalue weighted by Crippen LogP contribution is -2.34. The highest BCUT2D eigenvalue weighted by Crippen LogP contribution is 2.26. The highest BCUT2D eigenvalue weighted by molar-refractivity contribution is 9.10. The molecule has 4 nitrogen and oxygen atoms in total. The SMILES string of the molecule is O=C(CSc1ccc(Br)cc1)NC1CCC(C(=O)O)C1. The zero-order chi connectivity index (χ0) is 14.5. The van der Waals surface area contributed by atoms with Crippen LogP contribution in [0.25, 0.3) is 0 Å². The number of benzene rings is 1. The Kier molecular flexibility index (Phi) is 5.48. The van der Waals surface area contributed by atoms with Gasteiger partial charge in [-0.3, -0.25) is 9.59 Å². The van der Waals surface area contributed by atoms with Crippen LogP contribution >= 0.6 is 27.7 Å². The van der Waals surface area contributed by atoms with Crippen LogP contribution < -0.4 is 5.32 Å². The van der Waals surface area contributed by atoms with E-state index in [9.17, 15) is 9.59 Å². The molecule has 0 saturated heterocycles. The average Bonchev–Trinajstić information content (AvgIpc) is 2.87.